The van der Waals surface area contributed by atoms with Crippen molar-refractivity contribution >= 4 is 11.6 Å². The highest BCUT2D eigenvalue weighted by Crippen LogP contribution is 2.25. The molecule has 1 aromatic rings. The Kier molecular flexibility index (Phi) is 4.68. The third-order valence-corrected chi connectivity index (χ3v) is 2.03. The molecule has 1 N–H and O–H groups in total. The normalized spacial score (nSPS) is 10.2. The molecule has 0 saturated heterocycles. The number of hydrogen-bond donors (Lipinski definition) is 1. The minimum Gasteiger partial charge on any atom is -0.433 e. The molecule has 0 aliphatic heterocycles. The number of alkyl halides is 2. The van der Waals surface area contributed by atoms with Crippen molar-refractivity contribution in [2.45, 2.75) is 6.61 Å². The highest BCUT2D eigenvalue weighted by atomic mass is 19.3. The van der Waals surface area contributed by atoms with Crippen molar-refractivity contribution in [1.29, 1.82) is 0 Å². The summed E-state index contributed by atoms with van der Waals surface area (Å²) in [6.45, 7) is -2.86. The van der Waals surface area contributed by atoms with E-state index < -0.39 is 6.61 Å². The number of nitrogens with zero attached hydrogens (tertiary/aromatic N) is 1. The van der Waals surface area contributed by atoms with Gasteiger partial charge in [0.2, 0.25) is 5.91 Å². The van der Waals surface area contributed by atoms with Crippen molar-refractivity contribution in [1.82, 2.24) is 4.90 Å². The molecule has 0 unspecified atom stereocenters. The van der Waals surface area contributed by atoms with Gasteiger partial charge < -0.3 is 15.0 Å². The van der Waals surface area contributed by atoms with Crippen molar-refractivity contribution in [2.24, 2.45) is 0 Å². The molecule has 0 atom stereocenters. The minimum atomic E-state index is -2.89. The van der Waals surface area contributed by atoms with Crippen LogP contribution in [0.1, 0.15) is 0 Å². The number of amides is 1. The number of para-hydroxylation sites is 2. The van der Waals surface area contributed by atoms with Gasteiger partial charge in [-0.15, -0.1) is 0 Å². The summed E-state index contributed by atoms with van der Waals surface area (Å²) in [5.74, 6) is -0.133. The van der Waals surface area contributed by atoms with Gasteiger partial charge >= 0.3 is 6.61 Å². The molecule has 0 heterocycles. The molecule has 94 valence electrons. The molecule has 0 aromatic heterocycles. The number of rotatable bonds is 5. The van der Waals surface area contributed by atoms with Gasteiger partial charge in [0.15, 0.2) is 0 Å². The van der Waals surface area contributed by atoms with Crippen LogP contribution in [-0.2, 0) is 4.79 Å². The molecular weight excluding hydrogens is 230 g/mol. The van der Waals surface area contributed by atoms with Gasteiger partial charge in [-0.3, -0.25) is 4.79 Å². The fourth-order valence-electron chi connectivity index (χ4n) is 1.14. The van der Waals surface area contributed by atoms with E-state index in [1.54, 1.807) is 32.3 Å². The fourth-order valence-corrected chi connectivity index (χ4v) is 1.14. The third-order valence-electron chi connectivity index (χ3n) is 2.03. The lowest BCUT2D eigenvalue weighted by Gasteiger charge is -2.14. The minimum absolute atomic E-state index is 0.0223. The summed E-state index contributed by atoms with van der Waals surface area (Å²) < 4.78 is 28.5. The summed E-state index contributed by atoms with van der Waals surface area (Å²) in [5.41, 5.74) is 0.364. The first-order chi connectivity index (χ1) is 8.00. The van der Waals surface area contributed by atoms with Gasteiger partial charge in [0.05, 0.1) is 12.2 Å². The average Bonchev–Trinajstić information content (AvgIpc) is 2.26. The fraction of sp³-hybridized carbons (Fsp3) is 0.364. The van der Waals surface area contributed by atoms with Gasteiger partial charge in [0.1, 0.15) is 5.75 Å². The van der Waals surface area contributed by atoms with Crippen LogP contribution in [0.15, 0.2) is 24.3 Å². The maximum absolute atomic E-state index is 12.1. The Balaban J connectivity index is 2.67. The Bertz CT molecular complexity index is 383. The lowest BCUT2D eigenvalue weighted by Crippen LogP contribution is -2.28. The van der Waals surface area contributed by atoms with Crippen LogP contribution in [0.25, 0.3) is 0 Å². The predicted molar refractivity (Wildman–Crippen MR) is 60.3 cm³/mol. The van der Waals surface area contributed by atoms with E-state index >= 15 is 0 Å². The number of anilines is 1. The summed E-state index contributed by atoms with van der Waals surface area (Å²) in [6, 6.07) is 6.23. The lowest BCUT2D eigenvalue weighted by atomic mass is 10.3. The second kappa shape index (κ2) is 6.03. The highest BCUT2D eigenvalue weighted by Gasteiger charge is 2.10. The monoisotopic (exact) mass is 244 g/mol. The van der Waals surface area contributed by atoms with Gasteiger partial charge in [0.25, 0.3) is 0 Å². The van der Waals surface area contributed by atoms with E-state index in [4.69, 9.17) is 0 Å². The first-order valence-corrected chi connectivity index (χ1v) is 4.98. The molecule has 0 aliphatic rings. The molecule has 6 heteroatoms. The molecular formula is C11H14F2N2O2. The smallest absolute Gasteiger partial charge is 0.387 e. The maximum atomic E-state index is 12.1. The van der Waals surface area contributed by atoms with Crippen LogP contribution in [-0.4, -0.2) is 38.1 Å². The van der Waals surface area contributed by atoms with Gasteiger partial charge in [-0.1, -0.05) is 12.1 Å². The number of carbonyl (C=O) groups excluding carboxylic acids is 1. The first-order valence-electron chi connectivity index (χ1n) is 4.98. The summed E-state index contributed by atoms with van der Waals surface area (Å²) in [6.07, 6.45) is 0. The number of nitrogens with one attached hydrogen (secondary N) is 1. The van der Waals surface area contributed by atoms with Gasteiger partial charge in [-0.05, 0) is 12.1 Å². The number of hydrogen-bond acceptors (Lipinski definition) is 3. The second-order valence-corrected chi connectivity index (χ2v) is 3.52. The van der Waals surface area contributed by atoms with Crippen LogP contribution >= 0.6 is 0 Å². The van der Waals surface area contributed by atoms with Gasteiger partial charge in [-0.25, -0.2) is 0 Å². The molecule has 0 spiro atoms. The van der Waals surface area contributed by atoms with Crippen LogP contribution < -0.4 is 10.1 Å². The SMILES string of the molecule is CN(C)C(=O)CNc1ccccc1OC(F)F. The Hall–Kier alpha value is -1.85. The molecule has 1 rings (SSSR count). The molecule has 0 fully saturated rings. The first kappa shape index (κ1) is 13.2. The average molecular weight is 244 g/mol. The second-order valence-electron chi connectivity index (χ2n) is 3.52. The Morgan fingerprint density at radius 2 is 2.06 bits per heavy atom. The molecule has 1 amide bonds. The molecule has 0 radical (unpaired) electrons. The van der Waals surface area contributed by atoms with Crippen LogP contribution in [0, 0.1) is 0 Å². The number of carbonyl (C=O) groups is 1. The van der Waals surface area contributed by atoms with Gasteiger partial charge in [-0.2, -0.15) is 8.78 Å². The molecule has 4 nitrogen and oxygen atoms in total. The zero-order valence-electron chi connectivity index (χ0n) is 9.61. The van der Waals surface area contributed by atoms with Crippen LogP contribution in [0.5, 0.6) is 5.75 Å². The Morgan fingerprint density at radius 3 is 2.65 bits per heavy atom. The molecule has 0 aliphatic carbocycles. The third kappa shape index (κ3) is 4.26. The van der Waals surface area contributed by atoms with Crippen molar-refractivity contribution in [3.05, 3.63) is 24.3 Å². The van der Waals surface area contributed by atoms with Gasteiger partial charge in [0, 0.05) is 14.1 Å². The highest BCUT2D eigenvalue weighted by molar-refractivity contribution is 5.80. The van der Waals surface area contributed by atoms with E-state index in [1.165, 1.54) is 11.0 Å². The summed E-state index contributed by atoms with van der Waals surface area (Å²) in [7, 11) is 3.23. The Labute approximate surface area is 98.2 Å². The zero-order chi connectivity index (χ0) is 12.8. The summed E-state index contributed by atoms with van der Waals surface area (Å²) in [5, 5.41) is 2.75. The molecule has 0 bridgehead atoms. The number of likely N-dealkylation sites (N-methyl/N-ethyl adjacent to an activating group) is 1. The summed E-state index contributed by atoms with van der Waals surface area (Å²) in [4.78, 5) is 12.7. The van der Waals surface area contributed by atoms with Crippen LogP contribution in [0.3, 0.4) is 0 Å². The van der Waals surface area contributed by atoms with Crippen molar-refractivity contribution < 1.29 is 18.3 Å². The standard InChI is InChI=1S/C11H14F2N2O2/c1-15(2)10(16)7-14-8-5-3-4-6-9(8)17-11(12)13/h3-6,11,14H,7H2,1-2H3. The maximum Gasteiger partial charge on any atom is 0.387 e. The van der Waals surface area contributed by atoms with E-state index in [0.29, 0.717) is 5.69 Å². The number of halogens is 2. The molecule has 1 aromatic carbocycles. The van der Waals surface area contributed by atoms with Crippen molar-refractivity contribution in [2.75, 3.05) is 26.0 Å². The van der Waals surface area contributed by atoms with Crippen LogP contribution in [0.2, 0.25) is 0 Å². The zero-order valence-corrected chi connectivity index (χ0v) is 9.61. The molecule has 0 saturated carbocycles. The largest absolute Gasteiger partial charge is 0.433 e. The topological polar surface area (TPSA) is 41.6 Å². The number of benzene rings is 1. The van der Waals surface area contributed by atoms with E-state index in [-0.39, 0.29) is 18.2 Å². The van der Waals surface area contributed by atoms with E-state index in [0.717, 1.165) is 0 Å². The van der Waals surface area contributed by atoms with Crippen molar-refractivity contribution in [3.63, 3.8) is 0 Å². The predicted octanol–water partition coefficient (Wildman–Crippen LogP) is 1.79. The number of ether oxygens (including phenoxy) is 1. The van der Waals surface area contributed by atoms with Crippen molar-refractivity contribution in [3.8, 4) is 5.75 Å². The quantitative estimate of drug-likeness (QED) is 0.858. The molecule has 17 heavy (non-hydrogen) atoms. The lowest BCUT2D eigenvalue weighted by molar-refractivity contribution is -0.126. The van der Waals surface area contributed by atoms with E-state index in [1.807, 2.05) is 0 Å². The van der Waals surface area contributed by atoms with E-state index in [9.17, 15) is 13.6 Å². The Morgan fingerprint density at radius 1 is 1.41 bits per heavy atom. The van der Waals surface area contributed by atoms with Crippen LogP contribution in [0.4, 0.5) is 14.5 Å². The van der Waals surface area contributed by atoms with E-state index in [2.05, 4.69) is 10.1 Å². The summed E-state index contributed by atoms with van der Waals surface area (Å²) >= 11 is 0.